The Labute approximate surface area is 77.1 Å². The van der Waals surface area contributed by atoms with E-state index in [0.717, 1.165) is 23.9 Å². The monoisotopic (exact) mass is 169 g/mol. The van der Waals surface area contributed by atoms with Crippen molar-refractivity contribution < 1.29 is 0 Å². The molecule has 4 atom stereocenters. The molecule has 0 spiro atoms. The molecule has 0 aromatic heterocycles. The highest BCUT2D eigenvalue weighted by Crippen LogP contribution is 2.28. The lowest BCUT2D eigenvalue weighted by molar-refractivity contribution is 0.145. The Morgan fingerprint density at radius 3 is 1.50 bits per heavy atom. The van der Waals surface area contributed by atoms with Crippen LogP contribution >= 0.6 is 0 Å². The van der Waals surface area contributed by atoms with Gasteiger partial charge in [-0.1, -0.05) is 13.8 Å². The first-order valence-corrected chi connectivity index (χ1v) is 5.26. The average Bonchev–Trinajstić information content (AvgIpc) is 2.14. The molecule has 0 bridgehead atoms. The van der Waals surface area contributed by atoms with Gasteiger partial charge in [0.05, 0.1) is 0 Å². The molecule has 4 unspecified atom stereocenters. The van der Waals surface area contributed by atoms with Crippen molar-refractivity contribution in [2.45, 2.75) is 52.6 Å². The summed E-state index contributed by atoms with van der Waals surface area (Å²) < 4.78 is 0. The molecule has 1 aliphatic heterocycles. The van der Waals surface area contributed by atoms with Crippen LogP contribution in [0.4, 0.5) is 0 Å². The van der Waals surface area contributed by atoms with E-state index in [9.17, 15) is 0 Å². The van der Waals surface area contributed by atoms with Gasteiger partial charge in [0.1, 0.15) is 0 Å². The van der Waals surface area contributed by atoms with Crippen LogP contribution < -0.4 is 0 Å². The van der Waals surface area contributed by atoms with Crippen molar-refractivity contribution >= 4 is 0 Å². The van der Waals surface area contributed by atoms with Crippen LogP contribution in [0, 0.1) is 11.8 Å². The second kappa shape index (κ2) is 3.78. The van der Waals surface area contributed by atoms with Gasteiger partial charge >= 0.3 is 0 Å². The molecule has 1 fully saturated rings. The lowest BCUT2D eigenvalue weighted by Gasteiger charge is -2.33. The summed E-state index contributed by atoms with van der Waals surface area (Å²) in [6.45, 7) is 9.48. The molecule has 0 aliphatic carbocycles. The van der Waals surface area contributed by atoms with E-state index in [1.165, 1.54) is 12.8 Å². The lowest BCUT2D eigenvalue weighted by atomic mass is 9.95. The maximum absolute atomic E-state index is 2.54. The number of likely N-dealkylation sites (tertiary alicyclic amines) is 1. The van der Waals surface area contributed by atoms with Crippen molar-refractivity contribution in [3.63, 3.8) is 0 Å². The fourth-order valence-corrected chi connectivity index (χ4v) is 2.18. The molecule has 72 valence electrons. The topological polar surface area (TPSA) is 3.24 Å². The first kappa shape index (κ1) is 10.0. The first-order chi connectivity index (χ1) is 5.54. The standard InChI is InChI=1S/C11H23N/c1-8-6-7-9(2)11(4)12(5)10(8)3/h8-11H,6-7H2,1-5H3. The summed E-state index contributed by atoms with van der Waals surface area (Å²) in [4.78, 5) is 2.54. The maximum atomic E-state index is 2.54. The highest BCUT2D eigenvalue weighted by molar-refractivity contribution is 4.82. The minimum atomic E-state index is 0.755. The van der Waals surface area contributed by atoms with Gasteiger partial charge in [0, 0.05) is 12.1 Å². The predicted octanol–water partition coefficient (Wildman–Crippen LogP) is 2.76. The van der Waals surface area contributed by atoms with E-state index < -0.39 is 0 Å². The van der Waals surface area contributed by atoms with Crippen LogP contribution in [0.25, 0.3) is 0 Å². The van der Waals surface area contributed by atoms with Gasteiger partial charge in [-0.15, -0.1) is 0 Å². The van der Waals surface area contributed by atoms with Crippen molar-refractivity contribution in [2.24, 2.45) is 11.8 Å². The highest BCUT2D eigenvalue weighted by Gasteiger charge is 2.28. The summed E-state index contributed by atoms with van der Waals surface area (Å²) in [5.74, 6) is 1.73. The summed E-state index contributed by atoms with van der Waals surface area (Å²) in [5.41, 5.74) is 0. The van der Waals surface area contributed by atoms with Crippen LogP contribution in [0.5, 0.6) is 0 Å². The summed E-state index contributed by atoms with van der Waals surface area (Å²) >= 11 is 0. The van der Waals surface area contributed by atoms with E-state index in [2.05, 4.69) is 39.6 Å². The molecule has 0 amide bonds. The quantitative estimate of drug-likeness (QED) is 0.539. The van der Waals surface area contributed by atoms with Gasteiger partial charge in [-0.2, -0.15) is 0 Å². The van der Waals surface area contributed by atoms with Crippen LogP contribution in [0.2, 0.25) is 0 Å². The molecular weight excluding hydrogens is 146 g/mol. The molecule has 0 aromatic rings. The van der Waals surface area contributed by atoms with Crippen LogP contribution in [-0.2, 0) is 0 Å². The molecule has 0 radical (unpaired) electrons. The highest BCUT2D eigenvalue weighted by atomic mass is 15.2. The van der Waals surface area contributed by atoms with E-state index >= 15 is 0 Å². The van der Waals surface area contributed by atoms with Crippen molar-refractivity contribution in [1.82, 2.24) is 4.90 Å². The summed E-state index contributed by atoms with van der Waals surface area (Å²) in [6.07, 6.45) is 2.80. The molecule has 12 heavy (non-hydrogen) atoms. The third-order valence-corrected chi connectivity index (χ3v) is 4.01. The van der Waals surface area contributed by atoms with E-state index in [-0.39, 0.29) is 0 Å². The average molecular weight is 169 g/mol. The van der Waals surface area contributed by atoms with E-state index in [4.69, 9.17) is 0 Å². The zero-order valence-corrected chi connectivity index (χ0v) is 9.17. The van der Waals surface area contributed by atoms with Crippen molar-refractivity contribution in [2.75, 3.05) is 7.05 Å². The Bertz CT molecular complexity index is 128. The van der Waals surface area contributed by atoms with E-state index in [1.807, 2.05) is 0 Å². The minimum Gasteiger partial charge on any atom is -0.300 e. The van der Waals surface area contributed by atoms with Crippen molar-refractivity contribution in [3.05, 3.63) is 0 Å². The Kier molecular flexibility index (Phi) is 3.16. The number of hydrogen-bond donors (Lipinski definition) is 0. The van der Waals surface area contributed by atoms with Gasteiger partial charge in [-0.25, -0.2) is 0 Å². The van der Waals surface area contributed by atoms with Gasteiger partial charge in [-0.05, 0) is 45.6 Å². The molecular formula is C11H23N. The Balaban J connectivity index is 2.68. The predicted molar refractivity (Wildman–Crippen MR) is 54.2 cm³/mol. The second-order valence-corrected chi connectivity index (χ2v) is 4.68. The van der Waals surface area contributed by atoms with Crippen molar-refractivity contribution in [1.29, 1.82) is 0 Å². The number of hydrogen-bond acceptors (Lipinski definition) is 1. The molecule has 1 nitrogen and oxygen atoms in total. The Hall–Kier alpha value is -0.0400. The smallest absolute Gasteiger partial charge is 0.00924 e. The zero-order valence-electron chi connectivity index (χ0n) is 9.17. The van der Waals surface area contributed by atoms with Crippen LogP contribution in [0.15, 0.2) is 0 Å². The van der Waals surface area contributed by atoms with Gasteiger partial charge in [-0.3, -0.25) is 0 Å². The van der Waals surface area contributed by atoms with Crippen LogP contribution in [0.3, 0.4) is 0 Å². The molecule has 1 heteroatoms. The SMILES string of the molecule is CC1CCC(C)C(C)N(C)C1C. The molecule has 1 aliphatic rings. The van der Waals surface area contributed by atoms with E-state index in [1.54, 1.807) is 0 Å². The summed E-state index contributed by atoms with van der Waals surface area (Å²) in [5, 5.41) is 0. The molecule has 1 saturated heterocycles. The van der Waals surface area contributed by atoms with Crippen molar-refractivity contribution in [3.8, 4) is 0 Å². The van der Waals surface area contributed by atoms with Gasteiger partial charge in [0.2, 0.25) is 0 Å². The fraction of sp³-hybridized carbons (Fsp3) is 1.00. The summed E-state index contributed by atoms with van der Waals surface area (Å²) in [6, 6.07) is 1.51. The first-order valence-electron chi connectivity index (χ1n) is 5.26. The second-order valence-electron chi connectivity index (χ2n) is 4.68. The molecule has 1 heterocycles. The molecule has 0 aromatic carbocycles. The Morgan fingerprint density at radius 2 is 1.17 bits per heavy atom. The fourth-order valence-electron chi connectivity index (χ4n) is 2.18. The molecule has 0 N–H and O–H groups in total. The Morgan fingerprint density at radius 1 is 0.833 bits per heavy atom. The maximum Gasteiger partial charge on any atom is 0.00924 e. The largest absolute Gasteiger partial charge is 0.300 e. The zero-order chi connectivity index (χ0) is 9.30. The molecule has 0 saturated carbocycles. The van der Waals surface area contributed by atoms with Gasteiger partial charge in [0.15, 0.2) is 0 Å². The minimum absolute atomic E-state index is 0.755. The van der Waals surface area contributed by atoms with E-state index in [0.29, 0.717) is 0 Å². The third-order valence-electron chi connectivity index (χ3n) is 4.01. The summed E-state index contributed by atoms with van der Waals surface area (Å²) in [7, 11) is 2.27. The third kappa shape index (κ3) is 1.82. The number of nitrogens with zero attached hydrogens (tertiary/aromatic N) is 1. The number of rotatable bonds is 0. The van der Waals surface area contributed by atoms with Gasteiger partial charge in [0.25, 0.3) is 0 Å². The van der Waals surface area contributed by atoms with Crippen LogP contribution in [-0.4, -0.2) is 24.0 Å². The lowest BCUT2D eigenvalue weighted by Crippen LogP contribution is -2.40. The molecule has 1 rings (SSSR count). The van der Waals surface area contributed by atoms with Gasteiger partial charge < -0.3 is 4.90 Å². The normalized spacial score (nSPS) is 45.8. The van der Waals surface area contributed by atoms with Crippen LogP contribution in [0.1, 0.15) is 40.5 Å².